The zero-order valence-electron chi connectivity index (χ0n) is 11.1. The molecule has 0 saturated carbocycles. The van der Waals surface area contributed by atoms with Crippen LogP contribution in [-0.2, 0) is 6.42 Å². The maximum atomic E-state index is 13.7. The largest absolute Gasteiger partial charge is 0.304 e. The summed E-state index contributed by atoms with van der Waals surface area (Å²) in [5.74, 6) is -1.38. The molecule has 1 aliphatic rings. The fourth-order valence-corrected chi connectivity index (χ4v) is 2.80. The number of rotatable bonds is 2. The van der Waals surface area contributed by atoms with Crippen molar-refractivity contribution in [3.05, 3.63) is 75.1 Å². The highest BCUT2D eigenvalue weighted by Gasteiger charge is 2.29. The Bertz CT molecular complexity index is 742. The van der Waals surface area contributed by atoms with E-state index in [1.807, 2.05) is 12.1 Å². The van der Waals surface area contributed by atoms with Crippen LogP contribution in [0.4, 0.5) is 10.1 Å². The van der Waals surface area contributed by atoms with Gasteiger partial charge in [-0.15, -0.1) is 0 Å². The molecule has 1 atom stereocenters. The molecule has 4 nitrogen and oxygen atoms in total. The van der Waals surface area contributed by atoms with E-state index in [2.05, 4.69) is 0 Å². The summed E-state index contributed by atoms with van der Waals surface area (Å²) < 4.78 is 13.7. The van der Waals surface area contributed by atoms with Gasteiger partial charge < -0.3 is 0 Å². The van der Waals surface area contributed by atoms with Gasteiger partial charge in [-0.05, 0) is 30.0 Å². The number of nitrogens with zero attached hydrogens (tertiary/aromatic N) is 1. The van der Waals surface area contributed by atoms with E-state index in [-0.39, 0.29) is 5.78 Å². The molecule has 0 aliphatic heterocycles. The van der Waals surface area contributed by atoms with Crippen molar-refractivity contribution in [2.24, 2.45) is 0 Å². The summed E-state index contributed by atoms with van der Waals surface area (Å²) in [6.07, 6.45) is 1.33. The van der Waals surface area contributed by atoms with E-state index >= 15 is 0 Å². The maximum absolute atomic E-state index is 13.7. The number of halogens is 1. The number of carbonyl (C=O) groups is 1. The van der Waals surface area contributed by atoms with E-state index in [9.17, 15) is 19.3 Å². The van der Waals surface area contributed by atoms with Crippen LogP contribution in [0.25, 0.3) is 0 Å². The van der Waals surface area contributed by atoms with E-state index in [0.717, 1.165) is 24.1 Å². The lowest BCUT2D eigenvalue weighted by Crippen LogP contribution is -2.21. The van der Waals surface area contributed by atoms with Gasteiger partial charge in [0.1, 0.15) is 0 Å². The molecule has 0 bridgehead atoms. The Kier molecular flexibility index (Phi) is 3.25. The Hall–Kier alpha value is -2.56. The molecule has 0 fully saturated rings. The van der Waals surface area contributed by atoms with Gasteiger partial charge in [0, 0.05) is 17.5 Å². The Labute approximate surface area is 120 Å². The van der Waals surface area contributed by atoms with Crippen molar-refractivity contribution < 1.29 is 14.1 Å². The van der Waals surface area contributed by atoms with Gasteiger partial charge in [0.25, 0.3) is 0 Å². The summed E-state index contributed by atoms with van der Waals surface area (Å²) in [5, 5.41) is 10.6. The molecule has 2 aromatic carbocycles. The minimum Gasteiger partial charge on any atom is -0.293 e. The van der Waals surface area contributed by atoms with E-state index in [4.69, 9.17) is 0 Å². The van der Waals surface area contributed by atoms with Crippen LogP contribution in [0.3, 0.4) is 0 Å². The third kappa shape index (κ3) is 2.31. The lowest BCUT2D eigenvalue weighted by molar-refractivity contribution is -0.387. The third-order valence-corrected chi connectivity index (χ3v) is 3.87. The molecular weight excluding hydrogens is 273 g/mol. The summed E-state index contributed by atoms with van der Waals surface area (Å²) in [6.45, 7) is 0. The zero-order chi connectivity index (χ0) is 15.0. The summed E-state index contributed by atoms with van der Waals surface area (Å²) >= 11 is 0. The molecule has 0 spiro atoms. The van der Waals surface area contributed by atoms with Crippen LogP contribution in [0.1, 0.15) is 33.8 Å². The fourth-order valence-electron chi connectivity index (χ4n) is 2.80. The number of nitro benzene ring substituents is 1. The lowest BCUT2D eigenvalue weighted by Gasteiger charge is -2.23. The van der Waals surface area contributed by atoms with Crippen LogP contribution in [0.5, 0.6) is 0 Å². The lowest BCUT2D eigenvalue weighted by atomic mass is 9.79. The van der Waals surface area contributed by atoms with Crippen molar-refractivity contribution >= 4 is 11.5 Å². The number of Topliss-reactive ketones (excluding diaryl/α,β-unsaturated/α-hetero) is 1. The first-order valence-electron chi connectivity index (χ1n) is 6.64. The minimum absolute atomic E-state index is 0.0508. The second kappa shape index (κ2) is 5.09. The average molecular weight is 285 g/mol. The molecule has 0 radical (unpaired) electrons. The van der Waals surface area contributed by atoms with Crippen molar-refractivity contribution in [1.29, 1.82) is 0 Å². The van der Waals surface area contributed by atoms with Gasteiger partial charge in [0.05, 0.1) is 4.92 Å². The molecule has 21 heavy (non-hydrogen) atoms. The number of ketones is 1. The molecule has 0 amide bonds. The summed E-state index contributed by atoms with van der Waals surface area (Å²) in [4.78, 5) is 22.4. The highest BCUT2D eigenvalue weighted by atomic mass is 19.1. The number of carbonyl (C=O) groups excluding carboxylic acids is 1. The van der Waals surface area contributed by atoms with Gasteiger partial charge in [0.2, 0.25) is 5.82 Å². The fraction of sp³-hybridized carbons (Fsp3) is 0.188. The normalized spacial score (nSPS) is 17.4. The Morgan fingerprint density at radius 3 is 2.67 bits per heavy atom. The number of nitro groups is 1. The second-order valence-electron chi connectivity index (χ2n) is 5.08. The second-order valence-corrected chi connectivity index (χ2v) is 5.08. The van der Waals surface area contributed by atoms with E-state index in [1.54, 1.807) is 12.1 Å². The first-order chi connectivity index (χ1) is 10.1. The van der Waals surface area contributed by atoms with Gasteiger partial charge in [0.15, 0.2) is 5.78 Å². The van der Waals surface area contributed by atoms with Gasteiger partial charge in [-0.3, -0.25) is 14.9 Å². The number of hydrogen-bond acceptors (Lipinski definition) is 3. The molecular formula is C16H12FNO3. The number of fused-ring (bicyclic) bond motifs is 1. The number of benzene rings is 2. The van der Waals surface area contributed by atoms with Crippen LogP contribution in [-0.4, -0.2) is 10.7 Å². The average Bonchev–Trinajstić information content (AvgIpc) is 2.47. The highest BCUT2D eigenvalue weighted by molar-refractivity contribution is 6.03. The van der Waals surface area contributed by atoms with Gasteiger partial charge in [-0.2, -0.15) is 4.39 Å². The van der Waals surface area contributed by atoms with Gasteiger partial charge in [-0.25, -0.2) is 0 Å². The molecule has 2 aromatic rings. The first-order valence-corrected chi connectivity index (χ1v) is 6.64. The van der Waals surface area contributed by atoms with Crippen molar-refractivity contribution in [2.45, 2.75) is 18.8 Å². The van der Waals surface area contributed by atoms with Crippen LogP contribution >= 0.6 is 0 Å². The molecule has 0 saturated heterocycles. The van der Waals surface area contributed by atoms with Crippen molar-refractivity contribution in [3.63, 3.8) is 0 Å². The maximum Gasteiger partial charge on any atom is 0.304 e. The number of hydrogen-bond donors (Lipinski definition) is 0. The first kappa shape index (κ1) is 13.4. The van der Waals surface area contributed by atoms with Gasteiger partial charge in [-0.1, -0.05) is 30.3 Å². The molecule has 3 rings (SSSR count). The molecule has 106 valence electrons. The van der Waals surface area contributed by atoms with E-state index in [1.165, 1.54) is 6.07 Å². The molecule has 0 heterocycles. The molecule has 1 unspecified atom stereocenters. The quantitative estimate of drug-likeness (QED) is 0.625. The standard InChI is InChI=1S/C16H12FNO3/c17-14-9-11(6-8-15(14)18(20)21)13-7-5-10-3-1-2-4-12(10)16(13)19/h1-4,6,8-9,13H,5,7H2. The van der Waals surface area contributed by atoms with Crippen LogP contribution in [0.15, 0.2) is 42.5 Å². The third-order valence-electron chi connectivity index (χ3n) is 3.87. The molecule has 5 heteroatoms. The Balaban J connectivity index is 1.97. The van der Waals surface area contributed by atoms with Crippen molar-refractivity contribution in [3.8, 4) is 0 Å². The number of aryl methyl sites for hydroxylation is 1. The van der Waals surface area contributed by atoms with Crippen LogP contribution < -0.4 is 0 Å². The Morgan fingerprint density at radius 2 is 1.95 bits per heavy atom. The predicted octanol–water partition coefficient (Wildman–Crippen LogP) is 3.65. The van der Waals surface area contributed by atoms with Gasteiger partial charge >= 0.3 is 5.69 Å². The monoisotopic (exact) mass is 285 g/mol. The topological polar surface area (TPSA) is 60.2 Å². The highest BCUT2D eigenvalue weighted by Crippen LogP contribution is 2.34. The van der Waals surface area contributed by atoms with Crippen molar-refractivity contribution in [2.75, 3.05) is 0 Å². The predicted molar refractivity (Wildman–Crippen MR) is 74.9 cm³/mol. The minimum atomic E-state index is -0.899. The summed E-state index contributed by atoms with van der Waals surface area (Å²) in [5.41, 5.74) is 1.59. The molecule has 0 aromatic heterocycles. The molecule has 1 aliphatic carbocycles. The SMILES string of the molecule is O=C1c2ccccc2CCC1c1ccc([N+](=O)[O-])c(F)c1. The summed E-state index contributed by atoms with van der Waals surface area (Å²) in [7, 11) is 0. The van der Waals surface area contributed by atoms with Crippen molar-refractivity contribution in [1.82, 2.24) is 0 Å². The molecule has 0 N–H and O–H groups in total. The Morgan fingerprint density at radius 1 is 1.19 bits per heavy atom. The zero-order valence-corrected chi connectivity index (χ0v) is 11.1. The smallest absolute Gasteiger partial charge is 0.293 e. The van der Waals surface area contributed by atoms with Crippen LogP contribution in [0.2, 0.25) is 0 Å². The summed E-state index contributed by atoms with van der Waals surface area (Å²) in [6, 6.07) is 11.1. The van der Waals surface area contributed by atoms with E-state index in [0.29, 0.717) is 17.5 Å². The van der Waals surface area contributed by atoms with Crippen LogP contribution in [0, 0.1) is 15.9 Å². The van der Waals surface area contributed by atoms with E-state index < -0.39 is 22.3 Å².